The van der Waals surface area contributed by atoms with Gasteiger partial charge in [-0.25, -0.2) is 0 Å². The van der Waals surface area contributed by atoms with Gasteiger partial charge in [0.25, 0.3) is 0 Å². The lowest BCUT2D eigenvalue weighted by Gasteiger charge is -2.11. The first-order valence-electron chi connectivity index (χ1n) is 7.07. The lowest BCUT2D eigenvalue weighted by Crippen LogP contribution is -2.14. The number of nitrogens with zero attached hydrogens (tertiary/aromatic N) is 2. The van der Waals surface area contributed by atoms with E-state index >= 15 is 0 Å². The van der Waals surface area contributed by atoms with Gasteiger partial charge in [0.05, 0.1) is 12.2 Å². The molecule has 1 aliphatic rings. The van der Waals surface area contributed by atoms with E-state index in [-0.39, 0.29) is 0 Å². The Kier molecular flexibility index (Phi) is 3.38. The van der Waals surface area contributed by atoms with Crippen molar-refractivity contribution in [3.05, 3.63) is 52.8 Å². The summed E-state index contributed by atoms with van der Waals surface area (Å²) in [5, 5.41) is 8.31. The molecule has 0 spiro atoms. The molecule has 1 aliphatic heterocycles. The normalized spacial score (nSPS) is 18.9. The van der Waals surface area contributed by atoms with Crippen molar-refractivity contribution in [3.8, 4) is 0 Å². The van der Waals surface area contributed by atoms with Gasteiger partial charge in [0.15, 0.2) is 0 Å². The van der Waals surface area contributed by atoms with Crippen molar-refractivity contribution in [3.63, 3.8) is 0 Å². The molecular weight excluding hydrogens is 234 g/mol. The highest BCUT2D eigenvalue weighted by atomic mass is 15.3. The minimum absolute atomic E-state index is 0.504. The van der Waals surface area contributed by atoms with E-state index in [1.165, 1.54) is 35.4 Å². The molecule has 1 fully saturated rings. The van der Waals surface area contributed by atoms with Crippen LogP contribution in [-0.4, -0.2) is 16.3 Å². The van der Waals surface area contributed by atoms with Crippen LogP contribution >= 0.6 is 0 Å². The number of benzene rings is 1. The summed E-state index contributed by atoms with van der Waals surface area (Å²) in [5.41, 5.74) is 5.20. The number of aryl methyl sites for hydroxylation is 1. The molecule has 0 bridgehead atoms. The highest BCUT2D eigenvalue weighted by molar-refractivity contribution is 5.30. The third-order valence-corrected chi connectivity index (χ3v) is 4.02. The van der Waals surface area contributed by atoms with Gasteiger partial charge in [-0.05, 0) is 38.8 Å². The lowest BCUT2D eigenvalue weighted by molar-refractivity contribution is 0.629. The zero-order valence-electron chi connectivity index (χ0n) is 11.7. The summed E-state index contributed by atoms with van der Waals surface area (Å²) < 4.78 is 2.14. The summed E-state index contributed by atoms with van der Waals surface area (Å²) in [6, 6.07) is 11.0. The topological polar surface area (TPSA) is 29.9 Å². The highest BCUT2D eigenvalue weighted by Crippen LogP contribution is 2.28. The summed E-state index contributed by atoms with van der Waals surface area (Å²) in [6.07, 6.45) is 2.51. The van der Waals surface area contributed by atoms with Gasteiger partial charge in [-0.2, -0.15) is 5.10 Å². The van der Waals surface area contributed by atoms with Gasteiger partial charge in [0, 0.05) is 17.3 Å². The van der Waals surface area contributed by atoms with E-state index in [1.807, 2.05) is 0 Å². The molecule has 0 aliphatic carbocycles. The Labute approximate surface area is 114 Å². The highest BCUT2D eigenvalue weighted by Gasteiger charge is 2.23. The van der Waals surface area contributed by atoms with Crippen molar-refractivity contribution in [2.24, 2.45) is 0 Å². The van der Waals surface area contributed by atoms with Gasteiger partial charge < -0.3 is 5.32 Å². The zero-order chi connectivity index (χ0) is 13.2. The first-order chi connectivity index (χ1) is 9.25. The van der Waals surface area contributed by atoms with Crippen molar-refractivity contribution >= 4 is 0 Å². The third-order valence-electron chi connectivity index (χ3n) is 4.02. The summed E-state index contributed by atoms with van der Waals surface area (Å²) >= 11 is 0. The lowest BCUT2D eigenvalue weighted by atomic mass is 10.0. The molecule has 1 aromatic carbocycles. The van der Waals surface area contributed by atoms with E-state index in [1.54, 1.807) is 0 Å². The van der Waals surface area contributed by atoms with Crippen LogP contribution in [0.2, 0.25) is 0 Å². The molecule has 3 rings (SSSR count). The molecule has 0 radical (unpaired) electrons. The third kappa shape index (κ3) is 2.43. The quantitative estimate of drug-likeness (QED) is 0.913. The second kappa shape index (κ2) is 5.17. The van der Waals surface area contributed by atoms with Crippen molar-refractivity contribution in [1.29, 1.82) is 0 Å². The summed E-state index contributed by atoms with van der Waals surface area (Å²) in [5.74, 6) is 0. The maximum atomic E-state index is 4.73. The Hall–Kier alpha value is -1.61. The number of hydrogen-bond donors (Lipinski definition) is 1. The fourth-order valence-corrected chi connectivity index (χ4v) is 3.06. The van der Waals surface area contributed by atoms with Gasteiger partial charge in [0.2, 0.25) is 0 Å². The molecule has 100 valence electrons. The van der Waals surface area contributed by atoms with Crippen LogP contribution < -0.4 is 5.32 Å². The van der Waals surface area contributed by atoms with Crippen LogP contribution in [-0.2, 0) is 6.54 Å². The molecule has 1 saturated heterocycles. The van der Waals surface area contributed by atoms with Crippen LogP contribution in [0.15, 0.2) is 30.3 Å². The van der Waals surface area contributed by atoms with E-state index in [9.17, 15) is 0 Å². The predicted octanol–water partition coefficient (Wildman–Crippen LogP) is 2.97. The predicted molar refractivity (Wildman–Crippen MR) is 77.2 cm³/mol. The zero-order valence-corrected chi connectivity index (χ0v) is 11.7. The van der Waals surface area contributed by atoms with Crippen LogP contribution in [0, 0.1) is 13.8 Å². The van der Waals surface area contributed by atoms with Crippen LogP contribution in [0.5, 0.6) is 0 Å². The molecule has 2 heterocycles. The number of aromatic nitrogens is 2. The van der Waals surface area contributed by atoms with Crippen molar-refractivity contribution in [1.82, 2.24) is 15.1 Å². The van der Waals surface area contributed by atoms with Crippen LogP contribution in [0.4, 0.5) is 0 Å². The molecule has 2 aromatic rings. The Morgan fingerprint density at radius 2 is 2.05 bits per heavy atom. The standard InChI is InChI=1S/C16H21N3/c1-12-16(15-9-6-10-17-15)13(2)19(18-12)11-14-7-4-3-5-8-14/h3-5,7-8,15,17H,6,9-11H2,1-2H3. The Balaban J connectivity index is 1.89. The molecule has 1 aromatic heterocycles. The maximum absolute atomic E-state index is 4.73. The minimum atomic E-state index is 0.504. The molecular formula is C16H21N3. The van der Waals surface area contributed by atoms with Gasteiger partial charge in [0.1, 0.15) is 0 Å². The van der Waals surface area contributed by atoms with E-state index in [2.05, 4.69) is 54.2 Å². The summed E-state index contributed by atoms with van der Waals surface area (Å²) in [4.78, 5) is 0. The fraction of sp³-hybridized carbons (Fsp3) is 0.438. The smallest absolute Gasteiger partial charge is 0.0662 e. The average Bonchev–Trinajstić information content (AvgIpc) is 3.01. The van der Waals surface area contributed by atoms with Crippen molar-refractivity contribution in [2.45, 2.75) is 39.3 Å². The second-order valence-corrected chi connectivity index (χ2v) is 5.38. The fourth-order valence-electron chi connectivity index (χ4n) is 3.06. The number of nitrogens with one attached hydrogen (secondary N) is 1. The average molecular weight is 255 g/mol. The van der Waals surface area contributed by atoms with Gasteiger partial charge in [-0.15, -0.1) is 0 Å². The van der Waals surface area contributed by atoms with Gasteiger partial charge in [-0.1, -0.05) is 30.3 Å². The van der Waals surface area contributed by atoms with E-state index in [0.717, 1.165) is 13.1 Å². The van der Waals surface area contributed by atoms with Gasteiger partial charge in [-0.3, -0.25) is 4.68 Å². The molecule has 3 nitrogen and oxygen atoms in total. The minimum Gasteiger partial charge on any atom is -0.310 e. The van der Waals surface area contributed by atoms with E-state index in [4.69, 9.17) is 5.10 Å². The van der Waals surface area contributed by atoms with E-state index in [0.29, 0.717) is 6.04 Å². The number of rotatable bonds is 3. The Morgan fingerprint density at radius 3 is 2.74 bits per heavy atom. The van der Waals surface area contributed by atoms with Crippen LogP contribution in [0.1, 0.15) is 41.4 Å². The van der Waals surface area contributed by atoms with Crippen LogP contribution in [0.3, 0.4) is 0 Å². The molecule has 1 unspecified atom stereocenters. The first kappa shape index (κ1) is 12.4. The second-order valence-electron chi connectivity index (χ2n) is 5.38. The SMILES string of the molecule is Cc1nn(Cc2ccccc2)c(C)c1C1CCCN1. The summed E-state index contributed by atoms with van der Waals surface area (Å²) in [7, 11) is 0. The molecule has 0 amide bonds. The maximum Gasteiger partial charge on any atom is 0.0662 e. The molecule has 1 N–H and O–H groups in total. The van der Waals surface area contributed by atoms with Crippen LogP contribution in [0.25, 0.3) is 0 Å². The molecule has 19 heavy (non-hydrogen) atoms. The summed E-state index contributed by atoms with van der Waals surface area (Å²) in [6.45, 7) is 6.32. The first-order valence-corrected chi connectivity index (χ1v) is 7.07. The Bertz CT molecular complexity index is 551. The van der Waals surface area contributed by atoms with Crippen molar-refractivity contribution < 1.29 is 0 Å². The Morgan fingerprint density at radius 1 is 1.26 bits per heavy atom. The largest absolute Gasteiger partial charge is 0.310 e. The molecule has 1 atom stereocenters. The number of hydrogen-bond acceptors (Lipinski definition) is 2. The van der Waals surface area contributed by atoms with Crippen molar-refractivity contribution in [2.75, 3.05) is 6.54 Å². The monoisotopic (exact) mass is 255 g/mol. The molecule has 3 heteroatoms. The van der Waals surface area contributed by atoms with E-state index < -0.39 is 0 Å². The molecule has 0 saturated carbocycles. The van der Waals surface area contributed by atoms with Gasteiger partial charge >= 0.3 is 0 Å².